The molecule has 0 radical (unpaired) electrons. The van der Waals surface area contributed by atoms with E-state index in [1.54, 1.807) is 48.5 Å². The van der Waals surface area contributed by atoms with Crippen molar-refractivity contribution in [3.63, 3.8) is 0 Å². The van der Waals surface area contributed by atoms with Gasteiger partial charge in [-0.1, -0.05) is 111 Å². The minimum atomic E-state index is -4.17. The second-order valence-electron chi connectivity index (χ2n) is 11.3. The normalized spacial score (nSPS) is 12.0. The lowest BCUT2D eigenvalue weighted by molar-refractivity contribution is -0.140. The molecule has 0 bridgehead atoms. The summed E-state index contributed by atoms with van der Waals surface area (Å²) in [6, 6.07) is 28.6. The zero-order valence-corrected chi connectivity index (χ0v) is 28.5. The summed E-state index contributed by atoms with van der Waals surface area (Å²) >= 11 is 12.5. The number of carbonyl (C=O) groups excluding carboxylic acids is 2. The lowest BCUT2D eigenvalue weighted by atomic mass is 10.0. The zero-order valence-electron chi connectivity index (χ0n) is 26.2. The van der Waals surface area contributed by atoms with E-state index in [1.807, 2.05) is 63.2 Å². The number of nitrogens with one attached hydrogen (secondary N) is 1. The minimum absolute atomic E-state index is 0.00171. The first-order valence-electron chi connectivity index (χ1n) is 15.2. The van der Waals surface area contributed by atoms with Crippen molar-refractivity contribution in [1.82, 2.24) is 10.2 Å². The van der Waals surface area contributed by atoms with Gasteiger partial charge in [0.1, 0.15) is 12.6 Å². The van der Waals surface area contributed by atoms with E-state index >= 15 is 0 Å². The molecule has 0 aromatic heterocycles. The molecule has 10 heteroatoms. The summed E-state index contributed by atoms with van der Waals surface area (Å²) in [6.07, 6.45) is 0.929. The van der Waals surface area contributed by atoms with Crippen LogP contribution in [0.4, 0.5) is 5.69 Å². The monoisotopic (exact) mass is 679 g/mol. The number of nitrogens with zero attached hydrogens (tertiary/aromatic N) is 2. The van der Waals surface area contributed by atoms with Crippen molar-refractivity contribution >= 4 is 50.7 Å². The average Bonchev–Trinajstić information content (AvgIpc) is 3.06. The van der Waals surface area contributed by atoms with E-state index in [-0.39, 0.29) is 29.7 Å². The van der Waals surface area contributed by atoms with E-state index in [2.05, 4.69) is 5.32 Å². The standard InChI is InChI=1S/C36H39Cl2N3O4S/c1-4-21-39-36(43)34(23-27-11-7-5-8-12-27)40(24-28-15-20-32(37)33(38)22-28)35(42)25-41(30-18-16-29(17-19-30)26(2)3)46(44,45)31-13-9-6-10-14-31/h5-20,22,26,34H,4,21,23-25H2,1-3H3,(H,39,43)/t34-/m0/s1. The molecular formula is C36H39Cl2N3O4S. The number of carbonyl (C=O) groups is 2. The van der Waals surface area contributed by atoms with Gasteiger partial charge in [0, 0.05) is 19.5 Å². The molecule has 242 valence electrons. The highest BCUT2D eigenvalue weighted by Crippen LogP contribution is 2.28. The molecule has 4 aromatic rings. The SMILES string of the molecule is CCCNC(=O)[C@H](Cc1ccccc1)N(Cc1ccc(Cl)c(Cl)c1)C(=O)CN(c1ccc(C(C)C)cc1)S(=O)(=O)c1ccccc1. The number of hydrogen-bond acceptors (Lipinski definition) is 4. The van der Waals surface area contributed by atoms with E-state index in [0.717, 1.165) is 15.4 Å². The van der Waals surface area contributed by atoms with Crippen molar-refractivity contribution in [3.05, 3.63) is 130 Å². The summed E-state index contributed by atoms with van der Waals surface area (Å²) in [5.74, 6) is -0.652. The summed E-state index contributed by atoms with van der Waals surface area (Å²) in [4.78, 5) is 29.8. The molecule has 0 saturated heterocycles. The fourth-order valence-corrected chi connectivity index (χ4v) is 6.78. The third-order valence-electron chi connectivity index (χ3n) is 7.62. The molecule has 0 aliphatic rings. The molecular weight excluding hydrogens is 641 g/mol. The summed E-state index contributed by atoms with van der Waals surface area (Å²) in [7, 11) is -4.17. The quantitative estimate of drug-likeness (QED) is 0.150. The zero-order chi connectivity index (χ0) is 33.3. The van der Waals surface area contributed by atoms with Gasteiger partial charge in [0.2, 0.25) is 11.8 Å². The lowest BCUT2D eigenvalue weighted by Crippen LogP contribution is -2.53. The molecule has 1 atom stereocenters. The predicted octanol–water partition coefficient (Wildman–Crippen LogP) is 7.48. The van der Waals surface area contributed by atoms with Crippen molar-refractivity contribution in [2.24, 2.45) is 0 Å². The Kier molecular flexibility index (Phi) is 12.3. The maximum atomic E-state index is 14.5. The Morgan fingerprint density at radius 2 is 1.43 bits per heavy atom. The Labute approximate surface area is 282 Å². The molecule has 0 spiro atoms. The van der Waals surface area contributed by atoms with Gasteiger partial charge in [0.05, 0.1) is 20.6 Å². The van der Waals surface area contributed by atoms with Crippen molar-refractivity contribution in [3.8, 4) is 0 Å². The molecule has 46 heavy (non-hydrogen) atoms. The number of hydrogen-bond donors (Lipinski definition) is 1. The highest BCUT2D eigenvalue weighted by Gasteiger charge is 2.34. The van der Waals surface area contributed by atoms with Crippen molar-refractivity contribution in [2.45, 2.75) is 57.0 Å². The highest BCUT2D eigenvalue weighted by atomic mass is 35.5. The van der Waals surface area contributed by atoms with Crippen LogP contribution < -0.4 is 9.62 Å². The Bertz CT molecular complexity index is 1720. The number of sulfonamides is 1. The molecule has 4 aromatic carbocycles. The van der Waals surface area contributed by atoms with Crippen molar-refractivity contribution in [1.29, 1.82) is 0 Å². The topological polar surface area (TPSA) is 86.8 Å². The second-order valence-corrected chi connectivity index (χ2v) is 14.0. The molecule has 0 fully saturated rings. The molecule has 0 aliphatic heterocycles. The van der Waals surface area contributed by atoms with E-state index in [4.69, 9.17) is 23.2 Å². The summed E-state index contributed by atoms with van der Waals surface area (Å²) in [6.45, 7) is 5.94. The smallest absolute Gasteiger partial charge is 0.264 e. The van der Waals surface area contributed by atoms with Gasteiger partial charge in [-0.05, 0) is 65.4 Å². The minimum Gasteiger partial charge on any atom is -0.354 e. The van der Waals surface area contributed by atoms with Crippen LogP contribution >= 0.6 is 23.2 Å². The molecule has 1 N–H and O–H groups in total. The summed E-state index contributed by atoms with van der Waals surface area (Å²) in [5.41, 5.74) is 2.86. The van der Waals surface area contributed by atoms with Crippen LogP contribution in [0.15, 0.2) is 108 Å². The van der Waals surface area contributed by atoms with Crippen LogP contribution in [0.5, 0.6) is 0 Å². The summed E-state index contributed by atoms with van der Waals surface area (Å²) < 4.78 is 29.4. The van der Waals surface area contributed by atoms with E-state index in [9.17, 15) is 18.0 Å². The number of rotatable bonds is 14. The fraction of sp³-hybridized carbons (Fsp3) is 0.278. The van der Waals surface area contributed by atoms with E-state index < -0.39 is 28.5 Å². The lowest BCUT2D eigenvalue weighted by Gasteiger charge is -2.34. The number of anilines is 1. The van der Waals surface area contributed by atoms with Crippen LogP contribution in [-0.2, 0) is 32.6 Å². The van der Waals surface area contributed by atoms with Crippen LogP contribution in [0.25, 0.3) is 0 Å². The third kappa shape index (κ3) is 8.90. The molecule has 4 rings (SSSR count). The molecule has 0 heterocycles. The number of amides is 2. The van der Waals surface area contributed by atoms with Gasteiger partial charge in [-0.2, -0.15) is 0 Å². The first-order chi connectivity index (χ1) is 22.0. The van der Waals surface area contributed by atoms with Gasteiger partial charge < -0.3 is 10.2 Å². The van der Waals surface area contributed by atoms with Crippen LogP contribution in [0.3, 0.4) is 0 Å². The molecule has 7 nitrogen and oxygen atoms in total. The first-order valence-corrected chi connectivity index (χ1v) is 17.4. The average molecular weight is 681 g/mol. The van der Waals surface area contributed by atoms with E-state index in [1.165, 1.54) is 17.0 Å². The third-order valence-corrected chi connectivity index (χ3v) is 10.1. The summed E-state index contributed by atoms with van der Waals surface area (Å²) in [5, 5.41) is 3.60. The van der Waals surface area contributed by atoms with Gasteiger partial charge in [0.15, 0.2) is 0 Å². The first kappa shape index (κ1) is 35.0. The maximum Gasteiger partial charge on any atom is 0.264 e. The van der Waals surface area contributed by atoms with Crippen molar-refractivity contribution in [2.75, 3.05) is 17.4 Å². The van der Waals surface area contributed by atoms with Gasteiger partial charge in [-0.15, -0.1) is 0 Å². The maximum absolute atomic E-state index is 14.5. The van der Waals surface area contributed by atoms with Crippen LogP contribution in [0, 0.1) is 0 Å². The van der Waals surface area contributed by atoms with Crippen LogP contribution in [0.1, 0.15) is 49.8 Å². The Balaban J connectivity index is 1.81. The largest absolute Gasteiger partial charge is 0.354 e. The van der Waals surface area contributed by atoms with Crippen molar-refractivity contribution < 1.29 is 18.0 Å². The Morgan fingerprint density at radius 1 is 0.804 bits per heavy atom. The van der Waals surface area contributed by atoms with Gasteiger partial charge >= 0.3 is 0 Å². The predicted molar refractivity (Wildman–Crippen MR) is 186 cm³/mol. The molecule has 0 saturated carbocycles. The molecule has 0 aliphatic carbocycles. The highest BCUT2D eigenvalue weighted by molar-refractivity contribution is 7.92. The molecule has 0 unspecified atom stereocenters. The fourth-order valence-electron chi connectivity index (χ4n) is 5.03. The van der Waals surface area contributed by atoms with Crippen LogP contribution in [0.2, 0.25) is 10.0 Å². The number of halogens is 2. The van der Waals surface area contributed by atoms with Crippen LogP contribution in [-0.4, -0.2) is 44.3 Å². The van der Waals surface area contributed by atoms with E-state index in [0.29, 0.717) is 34.3 Å². The number of benzene rings is 4. The second kappa shape index (κ2) is 16.1. The Hall–Kier alpha value is -3.85. The van der Waals surface area contributed by atoms with Gasteiger partial charge in [-0.25, -0.2) is 8.42 Å². The Morgan fingerprint density at radius 3 is 2.02 bits per heavy atom. The molecule has 2 amide bonds. The van der Waals surface area contributed by atoms with Gasteiger partial charge in [0.25, 0.3) is 10.0 Å². The van der Waals surface area contributed by atoms with Gasteiger partial charge in [-0.3, -0.25) is 13.9 Å².